The monoisotopic (exact) mass is 227 g/mol. The number of methoxy groups -OCH3 is 1. The fourth-order valence-electron chi connectivity index (χ4n) is 1.35. The molecule has 0 heterocycles. The first-order valence-corrected chi connectivity index (χ1v) is 5.65. The minimum atomic E-state index is 0.121. The lowest BCUT2D eigenvalue weighted by Crippen LogP contribution is -2.31. The molecule has 0 bridgehead atoms. The Morgan fingerprint density at radius 1 is 1.33 bits per heavy atom. The number of hydrogen-bond acceptors (Lipinski definition) is 2. The van der Waals surface area contributed by atoms with Gasteiger partial charge in [0.2, 0.25) is 0 Å². The molecule has 84 valence electrons. The fourth-order valence-corrected chi connectivity index (χ4v) is 1.58. The molecule has 0 saturated heterocycles. The minimum Gasteiger partial charge on any atom is -0.497 e. The van der Waals surface area contributed by atoms with Gasteiger partial charge in [0.1, 0.15) is 5.75 Å². The van der Waals surface area contributed by atoms with Crippen LogP contribution in [0.3, 0.4) is 0 Å². The molecule has 0 fully saturated rings. The Kier molecular flexibility index (Phi) is 4.92. The zero-order valence-corrected chi connectivity index (χ0v) is 10.00. The van der Waals surface area contributed by atoms with Crippen LogP contribution in [0.5, 0.6) is 5.75 Å². The molecule has 1 unspecified atom stereocenters. The number of rotatable bonds is 5. The maximum atomic E-state index is 6.01. The number of benzene rings is 1. The van der Waals surface area contributed by atoms with Gasteiger partial charge in [0.05, 0.1) is 7.11 Å². The van der Waals surface area contributed by atoms with E-state index in [2.05, 4.69) is 6.92 Å². The van der Waals surface area contributed by atoms with E-state index < -0.39 is 0 Å². The van der Waals surface area contributed by atoms with E-state index in [0.29, 0.717) is 11.8 Å². The summed E-state index contributed by atoms with van der Waals surface area (Å²) in [6, 6.07) is 8.11. The van der Waals surface area contributed by atoms with Crippen LogP contribution in [0.25, 0.3) is 0 Å². The number of ether oxygens (including phenoxy) is 1. The molecule has 0 aliphatic heterocycles. The quantitative estimate of drug-likeness (QED) is 0.785. The van der Waals surface area contributed by atoms with Crippen molar-refractivity contribution in [1.29, 1.82) is 0 Å². The standard InChI is InChI=1S/C12H18ClNO/c1-9(8-13)12(14)7-10-3-5-11(15-2)6-4-10/h3-6,9,12H,7-8,14H2,1-2H3/t9-,12?/m1/s1. The van der Waals surface area contributed by atoms with Crippen LogP contribution in [0.4, 0.5) is 0 Å². The highest BCUT2D eigenvalue weighted by Gasteiger charge is 2.11. The minimum absolute atomic E-state index is 0.121. The second-order valence-electron chi connectivity index (χ2n) is 3.85. The molecule has 1 rings (SSSR count). The van der Waals surface area contributed by atoms with Crippen LogP contribution in [0.2, 0.25) is 0 Å². The SMILES string of the molecule is COc1ccc(CC(N)[C@H](C)CCl)cc1. The second kappa shape index (κ2) is 5.99. The van der Waals surface area contributed by atoms with Gasteiger partial charge in [-0.1, -0.05) is 19.1 Å². The smallest absolute Gasteiger partial charge is 0.118 e. The van der Waals surface area contributed by atoms with Crippen LogP contribution in [0.1, 0.15) is 12.5 Å². The van der Waals surface area contributed by atoms with Crippen LogP contribution in [0.15, 0.2) is 24.3 Å². The van der Waals surface area contributed by atoms with E-state index >= 15 is 0 Å². The van der Waals surface area contributed by atoms with Crippen LogP contribution in [-0.2, 0) is 6.42 Å². The number of halogens is 1. The second-order valence-corrected chi connectivity index (χ2v) is 4.16. The third kappa shape index (κ3) is 3.73. The first-order valence-electron chi connectivity index (χ1n) is 5.12. The van der Waals surface area contributed by atoms with Crippen molar-refractivity contribution < 1.29 is 4.74 Å². The van der Waals surface area contributed by atoms with Crippen molar-refractivity contribution in [1.82, 2.24) is 0 Å². The zero-order valence-electron chi connectivity index (χ0n) is 9.24. The van der Waals surface area contributed by atoms with Gasteiger partial charge in [-0.15, -0.1) is 11.6 Å². The third-order valence-electron chi connectivity index (χ3n) is 2.60. The van der Waals surface area contributed by atoms with Gasteiger partial charge in [-0.05, 0) is 30.0 Å². The Bertz CT molecular complexity index is 286. The number of nitrogens with two attached hydrogens (primary N) is 1. The summed E-state index contributed by atoms with van der Waals surface area (Å²) in [6.07, 6.45) is 0.859. The van der Waals surface area contributed by atoms with E-state index in [-0.39, 0.29) is 6.04 Å². The van der Waals surface area contributed by atoms with Crippen molar-refractivity contribution in [2.24, 2.45) is 11.7 Å². The molecule has 1 aromatic rings. The summed E-state index contributed by atoms with van der Waals surface area (Å²) in [7, 11) is 1.66. The molecule has 2 atom stereocenters. The maximum absolute atomic E-state index is 6.01. The highest BCUT2D eigenvalue weighted by Crippen LogP contribution is 2.14. The maximum Gasteiger partial charge on any atom is 0.118 e. The van der Waals surface area contributed by atoms with E-state index in [1.807, 2.05) is 24.3 Å². The van der Waals surface area contributed by atoms with Gasteiger partial charge in [0.15, 0.2) is 0 Å². The summed E-state index contributed by atoms with van der Waals surface area (Å²) in [5.74, 6) is 1.82. The van der Waals surface area contributed by atoms with Crippen LogP contribution in [0, 0.1) is 5.92 Å². The van der Waals surface area contributed by atoms with Gasteiger partial charge in [-0.25, -0.2) is 0 Å². The summed E-state index contributed by atoms with van der Waals surface area (Å²) in [5, 5.41) is 0. The number of alkyl halides is 1. The van der Waals surface area contributed by atoms with Crippen molar-refractivity contribution in [2.75, 3.05) is 13.0 Å². The Labute approximate surface area is 96.4 Å². The van der Waals surface area contributed by atoms with Gasteiger partial charge in [-0.2, -0.15) is 0 Å². The van der Waals surface area contributed by atoms with E-state index in [4.69, 9.17) is 22.1 Å². The molecule has 1 aromatic carbocycles. The fraction of sp³-hybridized carbons (Fsp3) is 0.500. The van der Waals surface area contributed by atoms with Gasteiger partial charge in [0, 0.05) is 11.9 Å². The predicted molar refractivity (Wildman–Crippen MR) is 64.6 cm³/mol. The molecule has 2 N–H and O–H groups in total. The summed E-state index contributed by atoms with van der Waals surface area (Å²) in [4.78, 5) is 0. The van der Waals surface area contributed by atoms with E-state index in [9.17, 15) is 0 Å². The molecule has 3 heteroatoms. The molecule has 2 nitrogen and oxygen atoms in total. The van der Waals surface area contributed by atoms with Crippen molar-refractivity contribution in [3.8, 4) is 5.75 Å². The summed E-state index contributed by atoms with van der Waals surface area (Å²) in [6.45, 7) is 2.07. The topological polar surface area (TPSA) is 35.2 Å². The largest absolute Gasteiger partial charge is 0.497 e. The van der Waals surface area contributed by atoms with Crippen molar-refractivity contribution >= 4 is 11.6 Å². The molecular weight excluding hydrogens is 210 g/mol. The molecule has 0 radical (unpaired) electrons. The molecule has 0 aliphatic carbocycles. The van der Waals surface area contributed by atoms with E-state index in [1.165, 1.54) is 5.56 Å². The average molecular weight is 228 g/mol. The normalized spacial score (nSPS) is 14.7. The molecule has 0 saturated carbocycles. The summed E-state index contributed by atoms with van der Waals surface area (Å²) < 4.78 is 5.09. The Balaban J connectivity index is 2.57. The van der Waals surface area contributed by atoms with Gasteiger partial charge < -0.3 is 10.5 Å². The average Bonchev–Trinajstić information content (AvgIpc) is 2.29. The molecule has 0 amide bonds. The first-order chi connectivity index (χ1) is 7.17. The van der Waals surface area contributed by atoms with E-state index in [0.717, 1.165) is 12.2 Å². The third-order valence-corrected chi connectivity index (χ3v) is 3.09. The lowest BCUT2D eigenvalue weighted by Gasteiger charge is -2.17. The predicted octanol–water partition coefficient (Wildman–Crippen LogP) is 2.44. The Hall–Kier alpha value is -0.730. The summed E-state index contributed by atoms with van der Waals surface area (Å²) in [5.41, 5.74) is 7.24. The Morgan fingerprint density at radius 3 is 2.40 bits per heavy atom. The van der Waals surface area contributed by atoms with Crippen molar-refractivity contribution in [3.63, 3.8) is 0 Å². The van der Waals surface area contributed by atoms with Gasteiger partial charge in [0.25, 0.3) is 0 Å². The van der Waals surface area contributed by atoms with Crippen LogP contribution < -0.4 is 10.5 Å². The highest BCUT2D eigenvalue weighted by molar-refractivity contribution is 6.18. The lowest BCUT2D eigenvalue weighted by molar-refractivity contribution is 0.414. The highest BCUT2D eigenvalue weighted by atomic mass is 35.5. The molecule has 0 aliphatic rings. The van der Waals surface area contributed by atoms with Gasteiger partial charge >= 0.3 is 0 Å². The van der Waals surface area contributed by atoms with Crippen LogP contribution >= 0.6 is 11.6 Å². The van der Waals surface area contributed by atoms with Crippen molar-refractivity contribution in [2.45, 2.75) is 19.4 Å². The lowest BCUT2D eigenvalue weighted by atomic mass is 9.97. The summed E-state index contributed by atoms with van der Waals surface area (Å²) >= 11 is 5.76. The zero-order chi connectivity index (χ0) is 11.3. The number of hydrogen-bond donors (Lipinski definition) is 1. The molecule has 0 spiro atoms. The molecular formula is C12H18ClNO. The van der Waals surface area contributed by atoms with Gasteiger partial charge in [-0.3, -0.25) is 0 Å². The van der Waals surface area contributed by atoms with E-state index in [1.54, 1.807) is 7.11 Å². The Morgan fingerprint density at radius 2 is 1.93 bits per heavy atom. The molecule has 15 heavy (non-hydrogen) atoms. The first kappa shape index (κ1) is 12.3. The van der Waals surface area contributed by atoms with Crippen LogP contribution in [-0.4, -0.2) is 19.0 Å². The van der Waals surface area contributed by atoms with Crippen molar-refractivity contribution in [3.05, 3.63) is 29.8 Å². The molecule has 0 aromatic heterocycles.